The molecule has 2 rings (SSSR count). The van der Waals surface area contributed by atoms with Crippen molar-refractivity contribution in [3.05, 3.63) is 12.7 Å². The number of aliphatic hydroxyl groups is 1. The van der Waals surface area contributed by atoms with E-state index in [1.807, 2.05) is 20.8 Å². The lowest BCUT2D eigenvalue weighted by molar-refractivity contribution is 0.233. The minimum atomic E-state index is -0.537. The van der Waals surface area contributed by atoms with Gasteiger partial charge in [0.05, 0.1) is 12.1 Å². The van der Waals surface area contributed by atoms with Crippen LogP contribution in [0.15, 0.2) is 12.7 Å². The van der Waals surface area contributed by atoms with Crippen molar-refractivity contribution in [2.24, 2.45) is 0 Å². The number of hydrogen-bond acceptors (Lipinski definition) is 8. The number of anilines is 2. The highest BCUT2D eigenvalue weighted by Gasteiger charge is 2.19. The summed E-state index contributed by atoms with van der Waals surface area (Å²) in [6, 6.07) is 0. The molecule has 0 fully saturated rings. The molecular formula is C11H18N8O. The van der Waals surface area contributed by atoms with Crippen molar-refractivity contribution in [1.29, 1.82) is 0 Å². The Morgan fingerprint density at radius 3 is 2.60 bits per heavy atom. The molecule has 0 radical (unpaired) electrons. The first-order chi connectivity index (χ1) is 9.54. The Bertz CT molecular complexity index is 554. The fourth-order valence-electron chi connectivity index (χ4n) is 1.41. The lowest BCUT2D eigenvalue weighted by atomic mass is 10.1. The molecule has 2 aromatic rings. The van der Waals surface area contributed by atoms with Gasteiger partial charge in [0.2, 0.25) is 11.9 Å². The molecule has 0 saturated carbocycles. The van der Waals surface area contributed by atoms with Gasteiger partial charge in [-0.1, -0.05) is 0 Å². The Kier molecular flexibility index (Phi) is 4.08. The van der Waals surface area contributed by atoms with Crippen LogP contribution < -0.4 is 10.6 Å². The molecule has 108 valence electrons. The molecule has 2 heterocycles. The molecule has 0 unspecified atom stereocenters. The van der Waals surface area contributed by atoms with Crippen LogP contribution in [-0.2, 0) is 0 Å². The average molecular weight is 278 g/mol. The van der Waals surface area contributed by atoms with E-state index >= 15 is 0 Å². The first-order valence-corrected chi connectivity index (χ1v) is 6.28. The Morgan fingerprint density at radius 1 is 1.25 bits per heavy atom. The number of hydrogen-bond donors (Lipinski definition) is 3. The standard InChI is InChI=1S/C11H18N8O/c1-4-13-8-15-9(18-11(2,3)5-20)17-10(16-8)19-7-12-6-14-19/h6-7,20H,4-5H2,1-3H3,(H2,13,15,16,17,18). The van der Waals surface area contributed by atoms with Crippen molar-refractivity contribution in [2.75, 3.05) is 23.8 Å². The topological polar surface area (TPSA) is 114 Å². The zero-order valence-corrected chi connectivity index (χ0v) is 11.7. The van der Waals surface area contributed by atoms with Gasteiger partial charge in [0, 0.05) is 6.54 Å². The van der Waals surface area contributed by atoms with E-state index in [2.05, 4.69) is 35.7 Å². The van der Waals surface area contributed by atoms with Crippen LogP contribution >= 0.6 is 0 Å². The van der Waals surface area contributed by atoms with Crippen molar-refractivity contribution in [2.45, 2.75) is 26.3 Å². The summed E-state index contributed by atoms with van der Waals surface area (Å²) in [5.74, 6) is 1.15. The molecule has 0 bridgehead atoms. The molecule has 0 saturated heterocycles. The van der Waals surface area contributed by atoms with E-state index in [-0.39, 0.29) is 6.61 Å². The lowest BCUT2D eigenvalue weighted by Crippen LogP contribution is -2.36. The highest BCUT2D eigenvalue weighted by molar-refractivity contribution is 5.39. The number of aromatic nitrogens is 6. The number of rotatable bonds is 6. The second kappa shape index (κ2) is 5.78. The second-order valence-electron chi connectivity index (χ2n) is 4.82. The first kappa shape index (κ1) is 14.1. The summed E-state index contributed by atoms with van der Waals surface area (Å²) in [5, 5.41) is 19.4. The molecule has 20 heavy (non-hydrogen) atoms. The maximum atomic E-state index is 9.30. The third-order valence-corrected chi connectivity index (χ3v) is 2.43. The van der Waals surface area contributed by atoms with E-state index in [9.17, 15) is 5.11 Å². The van der Waals surface area contributed by atoms with Crippen LogP contribution in [0.2, 0.25) is 0 Å². The predicted molar refractivity (Wildman–Crippen MR) is 73.7 cm³/mol. The highest BCUT2D eigenvalue weighted by Crippen LogP contribution is 2.13. The van der Waals surface area contributed by atoms with Gasteiger partial charge in [-0.3, -0.25) is 0 Å². The Labute approximate surface area is 116 Å². The molecule has 3 N–H and O–H groups in total. The van der Waals surface area contributed by atoms with Crippen LogP contribution in [0.1, 0.15) is 20.8 Å². The Balaban J connectivity index is 2.36. The van der Waals surface area contributed by atoms with Crippen LogP contribution in [0.5, 0.6) is 0 Å². The van der Waals surface area contributed by atoms with Gasteiger partial charge < -0.3 is 15.7 Å². The zero-order valence-electron chi connectivity index (χ0n) is 11.7. The van der Waals surface area contributed by atoms with Crippen molar-refractivity contribution in [3.8, 4) is 5.95 Å². The van der Waals surface area contributed by atoms with Crippen molar-refractivity contribution < 1.29 is 5.11 Å². The predicted octanol–water partition coefficient (Wildman–Crippen LogP) is 0.0669. The molecule has 0 spiro atoms. The smallest absolute Gasteiger partial charge is 0.258 e. The van der Waals surface area contributed by atoms with Gasteiger partial charge in [-0.05, 0) is 20.8 Å². The summed E-state index contributed by atoms with van der Waals surface area (Å²) in [6.07, 6.45) is 2.91. The minimum Gasteiger partial charge on any atom is -0.394 e. The summed E-state index contributed by atoms with van der Waals surface area (Å²) < 4.78 is 1.44. The van der Waals surface area contributed by atoms with Gasteiger partial charge in [-0.2, -0.15) is 24.7 Å². The molecule has 0 aliphatic heterocycles. The quantitative estimate of drug-likeness (QED) is 0.680. The summed E-state index contributed by atoms with van der Waals surface area (Å²) in [4.78, 5) is 16.6. The van der Waals surface area contributed by atoms with Gasteiger partial charge in [0.25, 0.3) is 5.95 Å². The number of nitrogens with one attached hydrogen (secondary N) is 2. The van der Waals surface area contributed by atoms with E-state index in [1.165, 1.54) is 17.3 Å². The average Bonchev–Trinajstić information content (AvgIpc) is 2.92. The molecule has 0 aromatic carbocycles. The summed E-state index contributed by atoms with van der Waals surface area (Å²) in [7, 11) is 0. The maximum absolute atomic E-state index is 9.30. The summed E-state index contributed by atoms with van der Waals surface area (Å²) in [5.41, 5.74) is -0.537. The van der Waals surface area contributed by atoms with Gasteiger partial charge in [-0.15, -0.1) is 0 Å². The maximum Gasteiger partial charge on any atom is 0.258 e. The molecule has 9 heteroatoms. The third kappa shape index (κ3) is 3.38. The largest absolute Gasteiger partial charge is 0.394 e. The normalized spacial score (nSPS) is 11.4. The Morgan fingerprint density at radius 2 is 2.00 bits per heavy atom. The van der Waals surface area contributed by atoms with Crippen molar-refractivity contribution in [3.63, 3.8) is 0 Å². The van der Waals surface area contributed by atoms with Crippen LogP contribution in [0, 0.1) is 0 Å². The molecule has 0 amide bonds. The highest BCUT2D eigenvalue weighted by atomic mass is 16.3. The van der Waals surface area contributed by atoms with E-state index in [0.29, 0.717) is 24.4 Å². The van der Waals surface area contributed by atoms with Gasteiger partial charge in [0.15, 0.2) is 0 Å². The molecule has 0 aliphatic carbocycles. The van der Waals surface area contributed by atoms with E-state index in [0.717, 1.165) is 0 Å². The molecule has 2 aromatic heterocycles. The van der Waals surface area contributed by atoms with Crippen LogP contribution in [0.4, 0.5) is 11.9 Å². The van der Waals surface area contributed by atoms with Gasteiger partial charge in [-0.25, -0.2) is 4.98 Å². The molecular weight excluding hydrogens is 260 g/mol. The third-order valence-electron chi connectivity index (χ3n) is 2.43. The van der Waals surface area contributed by atoms with Crippen LogP contribution in [-0.4, -0.2) is 53.5 Å². The number of aliphatic hydroxyl groups excluding tert-OH is 1. The zero-order chi connectivity index (χ0) is 14.6. The number of nitrogens with zero attached hydrogens (tertiary/aromatic N) is 6. The summed E-state index contributed by atoms with van der Waals surface area (Å²) in [6.45, 7) is 6.28. The molecule has 0 atom stereocenters. The van der Waals surface area contributed by atoms with Crippen LogP contribution in [0.3, 0.4) is 0 Å². The van der Waals surface area contributed by atoms with Crippen molar-refractivity contribution in [1.82, 2.24) is 29.7 Å². The molecule has 0 aliphatic rings. The first-order valence-electron chi connectivity index (χ1n) is 6.28. The summed E-state index contributed by atoms with van der Waals surface area (Å²) >= 11 is 0. The Hall–Kier alpha value is -2.29. The van der Waals surface area contributed by atoms with E-state index < -0.39 is 5.54 Å². The second-order valence-corrected chi connectivity index (χ2v) is 4.82. The fraction of sp³-hybridized carbons (Fsp3) is 0.545. The SMILES string of the molecule is CCNc1nc(NC(C)(C)CO)nc(-n2cncn2)n1. The van der Waals surface area contributed by atoms with E-state index in [1.54, 1.807) is 0 Å². The van der Waals surface area contributed by atoms with Crippen LogP contribution in [0.25, 0.3) is 5.95 Å². The van der Waals surface area contributed by atoms with E-state index in [4.69, 9.17) is 0 Å². The lowest BCUT2D eigenvalue weighted by Gasteiger charge is -2.23. The van der Waals surface area contributed by atoms with Gasteiger partial charge >= 0.3 is 0 Å². The van der Waals surface area contributed by atoms with Gasteiger partial charge in [0.1, 0.15) is 12.7 Å². The monoisotopic (exact) mass is 278 g/mol. The fourth-order valence-corrected chi connectivity index (χ4v) is 1.41. The minimum absolute atomic E-state index is 0.0477. The van der Waals surface area contributed by atoms with Crippen molar-refractivity contribution >= 4 is 11.9 Å². The molecule has 9 nitrogen and oxygen atoms in total.